The van der Waals surface area contributed by atoms with E-state index in [1.165, 1.54) is 0 Å². The van der Waals surface area contributed by atoms with Crippen LogP contribution in [0.4, 0.5) is 18.0 Å². The molecule has 2 amide bonds. The SMILES string of the molecule is CCN(CCC(F)(F)F)C(=O)NCc1ccccc1Oc1ccccc1. The number of alkyl halides is 3. The van der Waals surface area contributed by atoms with Crippen molar-refractivity contribution < 1.29 is 22.7 Å². The predicted octanol–water partition coefficient (Wildman–Crippen LogP) is 4.96. The number of rotatable bonds is 7. The Morgan fingerprint density at radius 3 is 2.38 bits per heavy atom. The Morgan fingerprint density at radius 1 is 1.08 bits per heavy atom. The third kappa shape index (κ3) is 6.31. The maximum atomic E-state index is 12.4. The van der Waals surface area contributed by atoms with Crippen LogP contribution in [0.2, 0.25) is 0 Å². The largest absolute Gasteiger partial charge is 0.457 e. The number of ether oxygens (including phenoxy) is 1. The Balaban J connectivity index is 1.97. The molecule has 140 valence electrons. The molecule has 0 aliphatic heterocycles. The number of nitrogens with zero attached hydrogens (tertiary/aromatic N) is 1. The van der Waals surface area contributed by atoms with Crippen molar-refractivity contribution in [2.24, 2.45) is 0 Å². The van der Waals surface area contributed by atoms with Crippen molar-refractivity contribution in [1.82, 2.24) is 10.2 Å². The minimum Gasteiger partial charge on any atom is -0.457 e. The Hall–Kier alpha value is -2.70. The van der Waals surface area contributed by atoms with Gasteiger partial charge in [0.1, 0.15) is 11.5 Å². The molecule has 0 aliphatic rings. The summed E-state index contributed by atoms with van der Waals surface area (Å²) in [6.45, 7) is 1.63. The summed E-state index contributed by atoms with van der Waals surface area (Å²) in [5, 5.41) is 2.65. The van der Waals surface area contributed by atoms with Crippen LogP contribution >= 0.6 is 0 Å². The van der Waals surface area contributed by atoms with Crippen molar-refractivity contribution in [1.29, 1.82) is 0 Å². The molecule has 0 aromatic heterocycles. The van der Waals surface area contributed by atoms with Gasteiger partial charge in [-0.1, -0.05) is 36.4 Å². The maximum absolute atomic E-state index is 12.4. The van der Waals surface area contributed by atoms with Crippen molar-refractivity contribution in [2.75, 3.05) is 13.1 Å². The van der Waals surface area contributed by atoms with Gasteiger partial charge in [0.25, 0.3) is 0 Å². The minimum absolute atomic E-state index is 0.157. The van der Waals surface area contributed by atoms with Gasteiger partial charge in [-0.05, 0) is 25.1 Å². The lowest BCUT2D eigenvalue weighted by atomic mass is 10.2. The highest BCUT2D eigenvalue weighted by Crippen LogP contribution is 2.25. The molecule has 26 heavy (non-hydrogen) atoms. The molecule has 7 heteroatoms. The van der Waals surface area contributed by atoms with E-state index in [1.807, 2.05) is 36.4 Å². The number of halogens is 3. The standard InChI is InChI=1S/C19H21F3N2O2/c1-2-24(13-12-19(20,21)22)18(25)23-14-15-8-6-7-11-17(15)26-16-9-4-3-5-10-16/h3-11H,2,12-14H2,1H3,(H,23,25). The number of nitrogens with one attached hydrogen (secondary N) is 1. The molecule has 0 aliphatic carbocycles. The highest BCUT2D eigenvalue weighted by Gasteiger charge is 2.28. The normalized spacial score (nSPS) is 11.1. The fraction of sp³-hybridized carbons (Fsp3) is 0.316. The van der Waals surface area contributed by atoms with E-state index in [4.69, 9.17) is 4.74 Å². The van der Waals surface area contributed by atoms with Gasteiger partial charge in [-0.15, -0.1) is 0 Å². The zero-order valence-electron chi connectivity index (χ0n) is 14.4. The third-order valence-electron chi connectivity index (χ3n) is 3.71. The molecule has 0 atom stereocenters. The fourth-order valence-corrected chi connectivity index (χ4v) is 2.31. The van der Waals surface area contributed by atoms with Crippen molar-refractivity contribution in [3.8, 4) is 11.5 Å². The van der Waals surface area contributed by atoms with E-state index in [0.717, 1.165) is 10.5 Å². The third-order valence-corrected chi connectivity index (χ3v) is 3.71. The fourth-order valence-electron chi connectivity index (χ4n) is 2.31. The first kappa shape index (κ1) is 19.6. The number of carbonyl (C=O) groups is 1. The number of benzene rings is 2. The highest BCUT2D eigenvalue weighted by molar-refractivity contribution is 5.74. The van der Waals surface area contributed by atoms with Crippen LogP contribution in [0, 0.1) is 0 Å². The molecule has 0 saturated carbocycles. The van der Waals surface area contributed by atoms with Crippen LogP contribution in [0.25, 0.3) is 0 Å². The van der Waals surface area contributed by atoms with E-state index in [-0.39, 0.29) is 19.6 Å². The summed E-state index contributed by atoms with van der Waals surface area (Å²) < 4.78 is 42.9. The molecule has 0 spiro atoms. The van der Waals surface area contributed by atoms with Gasteiger partial charge in [-0.2, -0.15) is 13.2 Å². The number of amides is 2. The van der Waals surface area contributed by atoms with Gasteiger partial charge in [0, 0.05) is 25.2 Å². The van der Waals surface area contributed by atoms with E-state index in [0.29, 0.717) is 11.5 Å². The lowest BCUT2D eigenvalue weighted by Crippen LogP contribution is -2.41. The second-order valence-electron chi connectivity index (χ2n) is 5.63. The average molecular weight is 366 g/mol. The number of carbonyl (C=O) groups excluding carboxylic acids is 1. The summed E-state index contributed by atoms with van der Waals surface area (Å²) in [7, 11) is 0. The van der Waals surface area contributed by atoms with Crippen LogP contribution in [-0.4, -0.2) is 30.2 Å². The van der Waals surface area contributed by atoms with Gasteiger partial charge >= 0.3 is 12.2 Å². The van der Waals surface area contributed by atoms with Crippen LogP contribution < -0.4 is 10.1 Å². The summed E-state index contributed by atoms with van der Waals surface area (Å²) in [5.41, 5.74) is 0.733. The molecule has 2 rings (SSSR count). The van der Waals surface area contributed by atoms with E-state index >= 15 is 0 Å². The van der Waals surface area contributed by atoms with Gasteiger partial charge in [0.05, 0.1) is 6.42 Å². The highest BCUT2D eigenvalue weighted by atomic mass is 19.4. The lowest BCUT2D eigenvalue weighted by molar-refractivity contribution is -0.136. The van der Waals surface area contributed by atoms with Gasteiger partial charge in [0.2, 0.25) is 0 Å². The summed E-state index contributed by atoms with van der Waals surface area (Å²) in [4.78, 5) is 13.3. The van der Waals surface area contributed by atoms with Crippen molar-refractivity contribution in [3.05, 3.63) is 60.2 Å². The molecule has 0 bridgehead atoms. The van der Waals surface area contributed by atoms with E-state index in [2.05, 4.69) is 5.32 Å². The number of hydrogen-bond acceptors (Lipinski definition) is 2. The average Bonchev–Trinajstić information content (AvgIpc) is 2.61. The first-order valence-corrected chi connectivity index (χ1v) is 8.29. The molecule has 0 unspecified atom stereocenters. The number of para-hydroxylation sites is 2. The Bertz CT molecular complexity index is 705. The molecule has 0 fully saturated rings. The molecule has 0 heterocycles. The number of urea groups is 1. The van der Waals surface area contributed by atoms with Crippen LogP contribution in [0.1, 0.15) is 18.9 Å². The molecule has 2 aromatic carbocycles. The first-order valence-electron chi connectivity index (χ1n) is 8.29. The summed E-state index contributed by atoms with van der Waals surface area (Å²) >= 11 is 0. The molecule has 0 saturated heterocycles. The van der Waals surface area contributed by atoms with Crippen molar-refractivity contribution >= 4 is 6.03 Å². The zero-order valence-corrected chi connectivity index (χ0v) is 14.4. The molecular weight excluding hydrogens is 345 g/mol. The van der Waals surface area contributed by atoms with E-state index in [1.54, 1.807) is 25.1 Å². The van der Waals surface area contributed by atoms with Crippen molar-refractivity contribution in [2.45, 2.75) is 26.1 Å². The van der Waals surface area contributed by atoms with Gasteiger partial charge in [-0.25, -0.2) is 4.79 Å². The van der Waals surface area contributed by atoms with E-state index < -0.39 is 18.6 Å². The quantitative estimate of drug-likeness (QED) is 0.752. The second kappa shape index (κ2) is 9.12. The van der Waals surface area contributed by atoms with Crippen LogP contribution in [0.5, 0.6) is 11.5 Å². The van der Waals surface area contributed by atoms with E-state index in [9.17, 15) is 18.0 Å². The smallest absolute Gasteiger partial charge is 0.390 e. The van der Waals surface area contributed by atoms with Crippen LogP contribution in [0.15, 0.2) is 54.6 Å². The summed E-state index contributed by atoms with van der Waals surface area (Å²) in [6, 6.07) is 15.8. The first-order chi connectivity index (χ1) is 12.4. The molecular formula is C19H21F3N2O2. The summed E-state index contributed by atoms with van der Waals surface area (Å²) in [5.74, 6) is 1.24. The van der Waals surface area contributed by atoms with Crippen LogP contribution in [0.3, 0.4) is 0 Å². The second-order valence-corrected chi connectivity index (χ2v) is 5.63. The topological polar surface area (TPSA) is 41.6 Å². The van der Waals surface area contributed by atoms with Gasteiger partial charge < -0.3 is 15.0 Å². The minimum atomic E-state index is -4.29. The Morgan fingerprint density at radius 2 is 1.73 bits per heavy atom. The van der Waals surface area contributed by atoms with Gasteiger partial charge in [0.15, 0.2) is 0 Å². The van der Waals surface area contributed by atoms with Gasteiger partial charge in [-0.3, -0.25) is 0 Å². The Labute approximate surface area is 150 Å². The monoisotopic (exact) mass is 366 g/mol. The maximum Gasteiger partial charge on any atom is 0.390 e. The predicted molar refractivity (Wildman–Crippen MR) is 93.1 cm³/mol. The molecule has 2 aromatic rings. The molecule has 0 radical (unpaired) electrons. The number of hydrogen-bond donors (Lipinski definition) is 1. The zero-order chi connectivity index (χ0) is 19.0. The van der Waals surface area contributed by atoms with Crippen molar-refractivity contribution in [3.63, 3.8) is 0 Å². The van der Waals surface area contributed by atoms with Crippen LogP contribution in [-0.2, 0) is 6.54 Å². The summed E-state index contributed by atoms with van der Waals surface area (Å²) in [6.07, 6.45) is -5.31. The lowest BCUT2D eigenvalue weighted by Gasteiger charge is -2.22. The molecule has 1 N–H and O–H groups in total. The Kier molecular flexibility index (Phi) is 6.89. The molecule has 4 nitrogen and oxygen atoms in total.